The standard InChI is InChI=1S/C16H25ClN2S/c1-2-5-13-10-18-16(8-3-4-9-16)12-19(13)11-14-6-7-15(17)20-14/h6-7,13,18H,2-5,8-12H2,1H3. The lowest BCUT2D eigenvalue weighted by molar-refractivity contribution is 0.0698. The second-order valence-electron chi connectivity index (χ2n) is 6.42. The first-order valence-corrected chi connectivity index (χ1v) is 9.13. The summed E-state index contributed by atoms with van der Waals surface area (Å²) in [4.78, 5) is 4.12. The molecule has 0 bridgehead atoms. The molecule has 0 amide bonds. The Balaban J connectivity index is 1.71. The maximum atomic E-state index is 6.08. The predicted octanol–water partition coefficient (Wildman–Crippen LogP) is 4.29. The number of piperazine rings is 1. The van der Waals surface area contributed by atoms with Crippen molar-refractivity contribution >= 4 is 22.9 Å². The Kier molecular flexibility index (Phi) is 4.71. The SMILES string of the molecule is CCCC1CNC2(CCCC2)CN1Cc1ccc(Cl)s1. The van der Waals surface area contributed by atoms with E-state index in [1.165, 1.54) is 49.9 Å². The molecule has 0 radical (unpaired) electrons. The van der Waals surface area contributed by atoms with Gasteiger partial charge in [-0.05, 0) is 31.4 Å². The number of nitrogens with zero attached hydrogens (tertiary/aromatic N) is 1. The Labute approximate surface area is 131 Å². The van der Waals surface area contributed by atoms with Gasteiger partial charge in [-0.25, -0.2) is 0 Å². The van der Waals surface area contributed by atoms with E-state index in [2.05, 4.69) is 23.2 Å². The monoisotopic (exact) mass is 312 g/mol. The molecule has 1 unspecified atom stereocenters. The van der Waals surface area contributed by atoms with E-state index in [4.69, 9.17) is 11.6 Å². The van der Waals surface area contributed by atoms with Crippen LogP contribution in [0.1, 0.15) is 50.3 Å². The van der Waals surface area contributed by atoms with Crippen molar-refractivity contribution in [3.05, 3.63) is 21.3 Å². The molecule has 2 nitrogen and oxygen atoms in total. The van der Waals surface area contributed by atoms with E-state index in [9.17, 15) is 0 Å². The number of hydrogen-bond acceptors (Lipinski definition) is 3. The number of thiophene rings is 1. The molecule has 4 heteroatoms. The first kappa shape index (κ1) is 14.8. The number of rotatable bonds is 4. The van der Waals surface area contributed by atoms with Gasteiger partial charge in [0, 0.05) is 36.1 Å². The van der Waals surface area contributed by atoms with Crippen LogP contribution in [0.25, 0.3) is 0 Å². The topological polar surface area (TPSA) is 15.3 Å². The molecule has 1 atom stereocenters. The maximum Gasteiger partial charge on any atom is 0.0931 e. The highest BCUT2D eigenvalue weighted by Gasteiger charge is 2.40. The molecular weight excluding hydrogens is 288 g/mol. The number of hydrogen-bond donors (Lipinski definition) is 1. The maximum absolute atomic E-state index is 6.08. The average Bonchev–Trinajstić information content (AvgIpc) is 3.04. The fraction of sp³-hybridized carbons (Fsp3) is 0.750. The third-order valence-electron chi connectivity index (χ3n) is 4.91. The minimum atomic E-state index is 0.408. The summed E-state index contributed by atoms with van der Waals surface area (Å²) in [5, 5.41) is 3.89. The molecule has 20 heavy (non-hydrogen) atoms. The van der Waals surface area contributed by atoms with Crippen LogP contribution in [-0.2, 0) is 6.54 Å². The lowest BCUT2D eigenvalue weighted by Gasteiger charge is -2.46. The van der Waals surface area contributed by atoms with Crippen molar-refractivity contribution in [2.24, 2.45) is 0 Å². The molecule has 112 valence electrons. The van der Waals surface area contributed by atoms with E-state index >= 15 is 0 Å². The van der Waals surface area contributed by atoms with Gasteiger partial charge in [0.15, 0.2) is 0 Å². The average molecular weight is 313 g/mol. The van der Waals surface area contributed by atoms with E-state index in [0.717, 1.165) is 17.4 Å². The van der Waals surface area contributed by atoms with Gasteiger partial charge in [-0.1, -0.05) is 37.8 Å². The largest absolute Gasteiger partial charge is 0.308 e. The Morgan fingerprint density at radius 1 is 1.40 bits per heavy atom. The third-order valence-corrected chi connectivity index (χ3v) is 6.12. The number of halogens is 1. The highest BCUT2D eigenvalue weighted by Crippen LogP contribution is 2.35. The summed E-state index contributed by atoms with van der Waals surface area (Å²) in [6.45, 7) is 5.74. The molecule has 0 aromatic carbocycles. The zero-order chi connectivity index (χ0) is 14.0. The van der Waals surface area contributed by atoms with Crippen molar-refractivity contribution in [1.82, 2.24) is 10.2 Å². The van der Waals surface area contributed by atoms with Gasteiger partial charge in [-0.3, -0.25) is 4.90 Å². The number of nitrogens with one attached hydrogen (secondary N) is 1. The fourth-order valence-electron chi connectivity index (χ4n) is 3.86. The lowest BCUT2D eigenvalue weighted by Crippen LogP contribution is -2.62. The van der Waals surface area contributed by atoms with Crippen LogP contribution in [0.5, 0.6) is 0 Å². The molecule has 1 saturated carbocycles. The van der Waals surface area contributed by atoms with E-state index in [1.54, 1.807) is 11.3 Å². The summed E-state index contributed by atoms with van der Waals surface area (Å²) in [6, 6.07) is 4.91. The van der Waals surface area contributed by atoms with Gasteiger partial charge in [0.25, 0.3) is 0 Å². The van der Waals surface area contributed by atoms with E-state index < -0.39 is 0 Å². The smallest absolute Gasteiger partial charge is 0.0931 e. The molecule has 1 aromatic rings. The summed E-state index contributed by atoms with van der Waals surface area (Å²) in [5.41, 5.74) is 0.408. The zero-order valence-electron chi connectivity index (χ0n) is 12.3. The summed E-state index contributed by atoms with van der Waals surface area (Å²) in [6.07, 6.45) is 8.05. The van der Waals surface area contributed by atoms with Gasteiger partial charge in [-0.15, -0.1) is 11.3 Å². The van der Waals surface area contributed by atoms with E-state index in [1.807, 2.05) is 6.07 Å². The van der Waals surface area contributed by atoms with Crippen molar-refractivity contribution in [3.8, 4) is 0 Å². The van der Waals surface area contributed by atoms with Crippen molar-refractivity contribution in [2.75, 3.05) is 13.1 Å². The van der Waals surface area contributed by atoms with Crippen LogP contribution < -0.4 is 5.32 Å². The Bertz CT molecular complexity index is 439. The molecule has 1 spiro atoms. The van der Waals surface area contributed by atoms with Gasteiger partial charge in [0.05, 0.1) is 4.34 Å². The van der Waals surface area contributed by atoms with Crippen molar-refractivity contribution in [1.29, 1.82) is 0 Å². The zero-order valence-corrected chi connectivity index (χ0v) is 13.9. The van der Waals surface area contributed by atoms with Gasteiger partial charge in [0.1, 0.15) is 0 Å². The third kappa shape index (κ3) is 3.22. The first-order chi connectivity index (χ1) is 9.71. The molecule has 2 fully saturated rings. The minimum absolute atomic E-state index is 0.408. The van der Waals surface area contributed by atoms with E-state index in [-0.39, 0.29) is 0 Å². The summed E-state index contributed by atoms with van der Waals surface area (Å²) < 4.78 is 0.915. The molecule has 1 aliphatic carbocycles. The van der Waals surface area contributed by atoms with Crippen molar-refractivity contribution in [3.63, 3.8) is 0 Å². The van der Waals surface area contributed by atoms with Crippen LogP contribution in [0, 0.1) is 0 Å². The van der Waals surface area contributed by atoms with Crippen LogP contribution in [0.15, 0.2) is 12.1 Å². The van der Waals surface area contributed by atoms with Crippen molar-refractivity contribution < 1.29 is 0 Å². The molecule has 1 aliphatic heterocycles. The Morgan fingerprint density at radius 3 is 2.85 bits per heavy atom. The first-order valence-electron chi connectivity index (χ1n) is 7.94. The van der Waals surface area contributed by atoms with Gasteiger partial charge in [0.2, 0.25) is 0 Å². The van der Waals surface area contributed by atoms with Gasteiger partial charge >= 0.3 is 0 Å². The second-order valence-corrected chi connectivity index (χ2v) is 8.22. The van der Waals surface area contributed by atoms with Gasteiger partial charge < -0.3 is 5.32 Å². The quantitative estimate of drug-likeness (QED) is 0.892. The molecule has 1 saturated heterocycles. The van der Waals surface area contributed by atoms with Crippen LogP contribution in [0.3, 0.4) is 0 Å². The van der Waals surface area contributed by atoms with Crippen LogP contribution in [0.4, 0.5) is 0 Å². The molecular formula is C16H25ClN2S. The normalized spacial score (nSPS) is 26.4. The minimum Gasteiger partial charge on any atom is -0.308 e. The van der Waals surface area contributed by atoms with Crippen LogP contribution in [-0.4, -0.2) is 29.6 Å². The van der Waals surface area contributed by atoms with Gasteiger partial charge in [-0.2, -0.15) is 0 Å². The van der Waals surface area contributed by atoms with Crippen LogP contribution >= 0.6 is 22.9 Å². The van der Waals surface area contributed by atoms with Crippen molar-refractivity contribution in [2.45, 2.75) is 63.6 Å². The molecule has 3 rings (SSSR count). The molecule has 2 aliphatic rings. The second kappa shape index (κ2) is 6.35. The molecule has 2 heterocycles. The highest BCUT2D eigenvalue weighted by molar-refractivity contribution is 7.16. The fourth-order valence-corrected chi connectivity index (χ4v) is 4.98. The summed E-state index contributed by atoms with van der Waals surface area (Å²) >= 11 is 7.82. The lowest BCUT2D eigenvalue weighted by atomic mass is 9.91. The summed E-state index contributed by atoms with van der Waals surface area (Å²) in [7, 11) is 0. The summed E-state index contributed by atoms with van der Waals surface area (Å²) in [5.74, 6) is 0. The Morgan fingerprint density at radius 2 is 2.20 bits per heavy atom. The Hall–Kier alpha value is -0.0900. The highest BCUT2D eigenvalue weighted by atomic mass is 35.5. The molecule has 1 aromatic heterocycles. The predicted molar refractivity (Wildman–Crippen MR) is 87.6 cm³/mol. The van der Waals surface area contributed by atoms with Crippen LogP contribution in [0.2, 0.25) is 4.34 Å². The van der Waals surface area contributed by atoms with E-state index in [0.29, 0.717) is 11.6 Å². The molecule has 1 N–H and O–H groups in total.